The Hall–Kier alpha value is -2.92. The van der Waals surface area contributed by atoms with Crippen LogP contribution in [0.25, 0.3) is 11.3 Å². The van der Waals surface area contributed by atoms with E-state index in [1.165, 1.54) is 25.2 Å². The summed E-state index contributed by atoms with van der Waals surface area (Å²) in [5.41, 5.74) is -0.288. The number of aromatic nitrogens is 2. The Kier molecular flexibility index (Phi) is 7.67. The topological polar surface area (TPSA) is 93.7 Å². The summed E-state index contributed by atoms with van der Waals surface area (Å²) in [7, 11) is 1.38. The zero-order chi connectivity index (χ0) is 25.2. The first kappa shape index (κ1) is 25.7. The van der Waals surface area contributed by atoms with Gasteiger partial charge in [0.15, 0.2) is 0 Å². The maximum absolute atomic E-state index is 14.1. The molecule has 1 N–H and O–H groups in total. The minimum Gasteiger partial charge on any atom is -0.444 e. The van der Waals surface area contributed by atoms with Crippen LogP contribution in [0.15, 0.2) is 24.3 Å². The van der Waals surface area contributed by atoms with Gasteiger partial charge in [-0.15, -0.1) is 0 Å². The Morgan fingerprint density at radius 2 is 1.91 bits per heavy atom. The van der Waals surface area contributed by atoms with Crippen molar-refractivity contribution in [3.05, 3.63) is 46.6 Å². The lowest BCUT2D eigenvalue weighted by Gasteiger charge is -2.38. The molecule has 0 bridgehead atoms. The van der Waals surface area contributed by atoms with Crippen LogP contribution in [0.5, 0.6) is 0 Å². The molecule has 1 aliphatic heterocycles. The predicted molar refractivity (Wildman–Crippen MR) is 117 cm³/mol. The number of amides is 2. The molecule has 2 aromatic rings. The lowest BCUT2D eigenvalue weighted by Crippen LogP contribution is -2.50. The molecular weight excluding hydrogens is 477 g/mol. The highest BCUT2D eigenvalue weighted by Crippen LogP contribution is 2.32. The van der Waals surface area contributed by atoms with E-state index in [2.05, 4.69) is 15.3 Å². The molecule has 1 saturated heterocycles. The van der Waals surface area contributed by atoms with Crippen molar-refractivity contribution in [2.24, 2.45) is 0 Å². The second kappa shape index (κ2) is 10.1. The van der Waals surface area contributed by atoms with Crippen LogP contribution >= 0.6 is 11.6 Å². The lowest BCUT2D eigenvalue weighted by molar-refractivity contribution is -0.140. The second-order valence-electron chi connectivity index (χ2n) is 8.63. The molecule has 2 aromatic heterocycles. The number of carbonyl (C=O) groups is 2. The van der Waals surface area contributed by atoms with Crippen molar-refractivity contribution in [2.75, 3.05) is 20.1 Å². The number of morpholine rings is 1. The summed E-state index contributed by atoms with van der Waals surface area (Å²) >= 11 is 6.16. The van der Waals surface area contributed by atoms with E-state index in [0.717, 1.165) is 11.0 Å². The number of nitrogens with one attached hydrogen (secondary N) is 1. The molecule has 3 rings (SSSR count). The Balaban J connectivity index is 1.97. The van der Waals surface area contributed by atoms with Crippen molar-refractivity contribution in [3.63, 3.8) is 0 Å². The normalized spacial score (nSPS) is 18.7. The van der Waals surface area contributed by atoms with Gasteiger partial charge in [0.1, 0.15) is 28.7 Å². The number of hydrogen-bond donors (Lipinski definition) is 1. The zero-order valence-corrected chi connectivity index (χ0v) is 19.7. The van der Waals surface area contributed by atoms with Crippen molar-refractivity contribution in [1.82, 2.24) is 20.2 Å². The maximum Gasteiger partial charge on any atom is 0.410 e. The first-order chi connectivity index (χ1) is 15.9. The number of rotatable bonds is 4. The van der Waals surface area contributed by atoms with Gasteiger partial charge in [0.25, 0.3) is 12.3 Å². The third-order valence-electron chi connectivity index (χ3n) is 4.80. The van der Waals surface area contributed by atoms with Crippen LogP contribution in [0.4, 0.5) is 18.0 Å². The standard InChI is InChI=1S/C22H24ClF3N4O4/c1-22(2,3)34-21(32)30-9-15(33-16(10-30)19(25)26)12-6-13(28-17(23)7-12)11-5-14(20(31)27-4)29-18(24)8-11/h5-8,15-16,19H,9-10H2,1-4H3,(H,27,31). The zero-order valence-electron chi connectivity index (χ0n) is 18.9. The number of alkyl halides is 2. The van der Waals surface area contributed by atoms with Crippen LogP contribution in [-0.4, -0.2) is 65.1 Å². The second-order valence-corrected chi connectivity index (χ2v) is 9.02. The molecule has 12 heteroatoms. The Morgan fingerprint density at radius 1 is 1.21 bits per heavy atom. The SMILES string of the molecule is CNC(=O)c1cc(-c2cc(C3CN(C(=O)OC(C)(C)C)CC(C(F)F)O3)cc(Cl)n2)cc(F)n1. The fourth-order valence-corrected chi connectivity index (χ4v) is 3.54. The fraction of sp³-hybridized carbons (Fsp3) is 0.455. The summed E-state index contributed by atoms with van der Waals surface area (Å²) in [6.45, 7) is 4.58. The van der Waals surface area contributed by atoms with Gasteiger partial charge in [-0.2, -0.15) is 4.39 Å². The Morgan fingerprint density at radius 3 is 2.53 bits per heavy atom. The van der Waals surface area contributed by atoms with Gasteiger partial charge in [-0.1, -0.05) is 11.6 Å². The molecule has 184 valence electrons. The van der Waals surface area contributed by atoms with E-state index < -0.39 is 42.2 Å². The van der Waals surface area contributed by atoms with E-state index in [9.17, 15) is 22.8 Å². The number of hydrogen-bond acceptors (Lipinski definition) is 6. The van der Waals surface area contributed by atoms with E-state index in [1.807, 2.05) is 0 Å². The molecule has 1 aliphatic rings. The van der Waals surface area contributed by atoms with Gasteiger partial charge in [0, 0.05) is 18.7 Å². The summed E-state index contributed by atoms with van der Waals surface area (Å²) in [6.07, 6.45) is -6.14. The molecular formula is C22H24ClF3N4O4. The van der Waals surface area contributed by atoms with E-state index >= 15 is 0 Å². The lowest BCUT2D eigenvalue weighted by atomic mass is 10.0. The maximum atomic E-state index is 14.1. The highest BCUT2D eigenvalue weighted by atomic mass is 35.5. The molecule has 3 heterocycles. The summed E-state index contributed by atoms with van der Waals surface area (Å²) in [5.74, 6) is -1.52. The molecule has 1 fully saturated rings. The quantitative estimate of drug-likeness (QED) is 0.631. The summed E-state index contributed by atoms with van der Waals surface area (Å²) < 4.78 is 52.1. The van der Waals surface area contributed by atoms with Gasteiger partial charge in [0.05, 0.1) is 18.8 Å². The predicted octanol–water partition coefficient (Wildman–Crippen LogP) is 4.24. The van der Waals surface area contributed by atoms with Gasteiger partial charge in [-0.3, -0.25) is 4.79 Å². The van der Waals surface area contributed by atoms with Crippen LogP contribution in [0, 0.1) is 5.95 Å². The smallest absolute Gasteiger partial charge is 0.410 e. The van der Waals surface area contributed by atoms with Crippen molar-refractivity contribution in [3.8, 4) is 11.3 Å². The molecule has 0 aromatic carbocycles. The third-order valence-corrected chi connectivity index (χ3v) is 4.99. The number of nitrogens with zero attached hydrogens (tertiary/aromatic N) is 3. The van der Waals surface area contributed by atoms with Crippen LogP contribution in [0.3, 0.4) is 0 Å². The first-order valence-corrected chi connectivity index (χ1v) is 10.7. The molecule has 2 amide bonds. The van der Waals surface area contributed by atoms with Crippen LogP contribution in [0.1, 0.15) is 42.9 Å². The summed E-state index contributed by atoms with van der Waals surface area (Å²) in [6, 6.07) is 5.26. The van der Waals surface area contributed by atoms with E-state index in [0.29, 0.717) is 5.56 Å². The van der Waals surface area contributed by atoms with Crippen LogP contribution in [-0.2, 0) is 9.47 Å². The monoisotopic (exact) mass is 500 g/mol. The first-order valence-electron chi connectivity index (χ1n) is 10.4. The third kappa shape index (κ3) is 6.35. The highest BCUT2D eigenvalue weighted by molar-refractivity contribution is 6.29. The van der Waals surface area contributed by atoms with Gasteiger partial charge in [-0.25, -0.2) is 23.5 Å². The molecule has 2 atom stereocenters. The largest absolute Gasteiger partial charge is 0.444 e. The molecule has 0 radical (unpaired) electrons. The minimum atomic E-state index is -2.85. The number of ether oxygens (including phenoxy) is 2. The van der Waals surface area contributed by atoms with Gasteiger partial charge >= 0.3 is 6.09 Å². The van der Waals surface area contributed by atoms with E-state index in [-0.39, 0.29) is 35.2 Å². The van der Waals surface area contributed by atoms with Crippen molar-refractivity contribution >= 4 is 23.6 Å². The highest BCUT2D eigenvalue weighted by Gasteiger charge is 2.38. The number of carbonyl (C=O) groups excluding carboxylic acids is 2. The van der Waals surface area contributed by atoms with E-state index in [1.54, 1.807) is 20.8 Å². The van der Waals surface area contributed by atoms with Crippen molar-refractivity contribution in [2.45, 2.75) is 45.0 Å². The van der Waals surface area contributed by atoms with Gasteiger partial charge < -0.3 is 19.7 Å². The van der Waals surface area contributed by atoms with Gasteiger partial charge in [-0.05, 0) is 44.5 Å². The molecule has 0 saturated carbocycles. The summed E-state index contributed by atoms with van der Waals surface area (Å²) in [4.78, 5) is 33.3. The molecule has 0 aliphatic carbocycles. The Bertz CT molecular complexity index is 1080. The molecule has 2 unspecified atom stereocenters. The number of halogens is 4. The van der Waals surface area contributed by atoms with Gasteiger partial charge in [0.2, 0.25) is 5.95 Å². The average Bonchev–Trinajstić information content (AvgIpc) is 2.76. The van der Waals surface area contributed by atoms with Crippen molar-refractivity contribution in [1.29, 1.82) is 0 Å². The molecule has 0 spiro atoms. The van der Waals surface area contributed by atoms with Crippen molar-refractivity contribution < 1.29 is 32.2 Å². The Labute approximate surface area is 199 Å². The summed E-state index contributed by atoms with van der Waals surface area (Å²) in [5, 5.41) is 2.34. The minimum absolute atomic E-state index is 0.0159. The van der Waals surface area contributed by atoms with Crippen LogP contribution in [0.2, 0.25) is 5.15 Å². The van der Waals surface area contributed by atoms with Crippen LogP contribution < -0.4 is 5.32 Å². The number of pyridine rings is 2. The average molecular weight is 501 g/mol. The van der Waals surface area contributed by atoms with E-state index in [4.69, 9.17) is 21.1 Å². The fourth-order valence-electron chi connectivity index (χ4n) is 3.33. The molecule has 8 nitrogen and oxygen atoms in total. The molecule has 34 heavy (non-hydrogen) atoms.